The molecule has 0 spiro atoms. The lowest BCUT2D eigenvalue weighted by Crippen LogP contribution is -2.35. The van der Waals surface area contributed by atoms with Gasteiger partial charge < -0.3 is 4.52 Å². The van der Waals surface area contributed by atoms with Crippen LogP contribution in [0.3, 0.4) is 0 Å². The van der Waals surface area contributed by atoms with Crippen LogP contribution in [0.4, 0.5) is 0 Å². The minimum atomic E-state index is -3.39. The van der Waals surface area contributed by atoms with Crippen LogP contribution < -0.4 is 0 Å². The Morgan fingerprint density at radius 3 is 2.00 bits per heavy atom. The Labute approximate surface area is 112 Å². The maximum atomic E-state index is 12.8. The van der Waals surface area contributed by atoms with Gasteiger partial charge in [-0.25, -0.2) is 4.67 Å². The fourth-order valence-corrected chi connectivity index (χ4v) is 4.32. The monoisotopic (exact) mass is 274 g/mol. The molecule has 2 unspecified atom stereocenters. The fraction of sp³-hybridized carbons (Fsp3) is 0.923. The van der Waals surface area contributed by atoms with E-state index in [1.165, 1.54) is 0 Å². The van der Waals surface area contributed by atoms with E-state index in [1.54, 1.807) is 4.67 Å². The van der Waals surface area contributed by atoms with Gasteiger partial charge in [0, 0.05) is 12.1 Å². The zero-order valence-electron chi connectivity index (χ0n) is 12.5. The zero-order chi connectivity index (χ0) is 14.3. The van der Waals surface area contributed by atoms with E-state index in [2.05, 4.69) is 6.92 Å². The summed E-state index contributed by atoms with van der Waals surface area (Å²) in [5.41, 5.74) is 0. The average molecular weight is 274 g/mol. The molecular formula is C13H27N2O2P. The molecule has 0 aromatic rings. The molecule has 0 aromatic heterocycles. The van der Waals surface area contributed by atoms with Crippen LogP contribution >= 0.6 is 7.52 Å². The highest BCUT2D eigenvalue weighted by molar-refractivity contribution is 7.61. The summed E-state index contributed by atoms with van der Waals surface area (Å²) in [4.78, 5) is 0. The van der Waals surface area contributed by atoms with Gasteiger partial charge in [0.15, 0.2) is 5.81 Å². The number of nitrogens with zero attached hydrogens (tertiary/aromatic N) is 2. The van der Waals surface area contributed by atoms with Gasteiger partial charge >= 0.3 is 7.52 Å². The molecule has 0 amide bonds. The van der Waals surface area contributed by atoms with Crippen molar-refractivity contribution < 1.29 is 9.09 Å². The van der Waals surface area contributed by atoms with Crippen LogP contribution in [0.5, 0.6) is 0 Å². The molecule has 4 nitrogen and oxygen atoms in total. The highest BCUT2D eigenvalue weighted by Crippen LogP contribution is 2.53. The second kappa shape index (κ2) is 7.94. The Kier molecular flexibility index (Phi) is 7.78. The smallest absolute Gasteiger partial charge is 0.304 e. The molecule has 2 atom stereocenters. The summed E-state index contributed by atoms with van der Waals surface area (Å²) >= 11 is 0. The molecular weight excluding hydrogens is 247 g/mol. The van der Waals surface area contributed by atoms with E-state index in [4.69, 9.17) is 4.52 Å². The standard InChI is InChI=1S/C13H27N2O2P/c1-7-9-13(8-2)17-18(16,10-14)15(11(3)4)12(5)6/h11-13H,7-9H2,1-6H3. The van der Waals surface area contributed by atoms with Crippen molar-refractivity contribution in [1.82, 2.24) is 4.67 Å². The van der Waals surface area contributed by atoms with Gasteiger partial charge in [-0.05, 0) is 40.5 Å². The van der Waals surface area contributed by atoms with Crippen molar-refractivity contribution in [2.24, 2.45) is 0 Å². The highest BCUT2D eigenvalue weighted by atomic mass is 31.2. The van der Waals surface area contributed by atoms with E-state index in [-0.39, 0.29) is 18.2 Å². The first-order chi connectivity index (χ1) is 8.32. The van der Waals surface area contributed by atoms with Gasteiger partial charge in [-0.3, -0.25) is 4.57 Å². The van der Waals surface area contributed by atoms with Crippen molar-refractivity contribution in [3.05, 3.63) is 0 Å². The number of rotatable bonds is 8. The van der Waals surface area contributed by atoms with Gasteiger partial charge in [-0.15, -0.1) is 0 Å². The SMILES string of the molecule is CCCC(CC)OP(=O)(C#N)N(C(C)C)C(C)C. The molecule has 0 radical (unpaired) electrons. The molecule has 0 aromatic carbocycles. The Balaban J connectivity index is 5.10. The molecule has 106 valence electrons. The quantitative estimate of drug-likeness (QED) is 0.616. The third-order valence-corrected chi connectivity index (χ3v) is 5.21. The number of hydrogen-bond donors (Lipinski definition) is 0. The molecule has 0 saturated heterocycles. The van der Waals surface area contributed by atoms with Crippen LogP contribution in [0.15, 0.2) is 0 Å². The minimum Gasteiger partial charge on any atom is -0.304 e. The lowest BCUT2D eigenvalue weighted by molar-refractivity contribution is 0.153. The van der Waals surface area contributed by atoms with Crippen LogP contribution in [-0.2, 0) is 9.09 Å². The molecule has 0 N–H and O–H groups in total. The topological polar surface area (TPSA) is 53.3 Å². The molecule has 0 rings (SSSR count). The first-order valence-corrected chi connectivity index (χ1v) is 8.38. The lowest BCUT2D eigenvalue weighted by atomic mass is 10.2. The Hall–Kier alpha value is -0.360. The molecule has 0 bridgehead atoms. The summed E-state index contributed by atoms with van der Waals surface area (Å²) in [5, 5.41) is 9.29. The van der Waals surface area contributed by atoms with Crippen LogP contribution in [0, 0.1) is 11.1 Å². The van der Waals surface area contributed by atoms with E-state index in [9.17, 15) is 9.83 Å². The fourth-order valence-electron chi connectivity index (χ4n) is 2.19. The summed E-state index contributed by atoms with van der Waals surface area (Å²) in [6.07, 6.45) is 2.49. The van der Waals surface area contributed by atoms with E-state index >= 15 is 0 Å². The summed E-state index contributed by atoms with van der Waals surface area (Å²) in [7, 11) is -3.39. The van der Waals surface area contributed by atoms with E-state index in [1.807, 2.05) is 40.4 Å². The normalized spacial score (nSPS) is 16.9. The molecule has 0 aliphatic carbocycles. The van der Waals surface area contributed by atoms with Crippen LogP contribution in [0.1, 0.15) is 60.8 Å². The minimum absolute atomic E-state index is 0.0228. The van der Waals surface area contributed by atoms with Gasteiger partial charge in [0.25, 0.3) is 0 Å². The van der Waals surface area contributed by atoms with Gasteiger partial charge in [0.05, 0.1) is 6.10 Å². The predicted molar refractivity (Wildman–Crippen MR) is 75.4 cm³/mol. The van der Waals surface area contributed by atoms with Crippen LogP contribution in [0.25, 0.3) is 0 Å². The Morgan fingerprint density at radius 1 is 1.22 bits per heavy atom. The van der Waals surface area contributed by atoms with Crippen LogP contribution in [-0.4, -0.2) is 22.9 Å². The zero-order valence-corrected chi connectivity index (χ0v) is 13.4. The summed E-state index contributed by atoms with van der Waals surface area (Å²) in [6.45, 7) is 11.8. The second-order valence-electron chi connectivity index (χ2n) is 5.11. The Morgan fingerprint density at radius 2 is 1.72 bits per heavy atom. The van der Waals surface area contributed by atoms with E-state index in [0.717, 1.165) is 19.3 Å². The number of hydrogen-bond acceptors (Lipinski definition) is 3. The predicted octanol–water partition coefficient (Wildman–Crippen LogP) is 4.37. The molecule has 0 saturated carbocycles. The first-order valence-electron chi connectivity index (χ1n) is 6.80. The van der Waals surface area contributed by atoms with Crippen molar-refractivity contribution in [2.45, 2.75) is 79.0 Å². The average Bonchev–Trinajstić information content (AvgIpc) is 2.27. The largest absolute Gasteiger partial charge is 0.371 e. The number of nitriles is 1. The van der Waals surface area contributed by atoms with Crippen molar-refractivity contribution >= 4 is 7.52 Å². The van der Waals surface area contributed by atoms with Crippen molar-refractivity contribution in [1.29, 1.82) is 5.26 Å². The highest BCUT2D eigenvalue weighted by Gasteiger charge is 2.37. The van der Waals surface area contributed by atoms with Gasteiger partial charge in [-0.2, -0.15) is 5.26 Å². The summed E-state index contributed by atoms with van der Waals surface area (Å²) in [5.74, 6) is 1.92. The van der Waals surface area contributed by atoms with Gasteiger partial charge in [0.1, 0.15) is 0 Å². The first kappa shape index (κ1) is 17.6. The molecule has 0 heterocycles. The molecule has 0 fully saturated rings. The molecule has 0 aliphatic heterocycles. The summed E-state index contributed by atoms with van der Waals surface area (Å²) in [6, 6.07) is 0.0456. The maximum Gasteiger partial charge on any atom is 0.371 e. The van der Waals surface area contributed by atoms with Crippen LogP contribution in [0.2, 0.25) is 0 Å². The third-order valence-electron chi connectivity index (χ3n) is 2.85. The lowest BCUT2D eigenvalue weighted by Gasteiger charge is -2.34. The van der Waals surface area contributed by atoms with Crippen molar-refractivity contribution in [2.75, 3.05) is 0 Å². The summed E-state index contributed by atoms with van der Waals surface area (Å²) < 4.78 is 20.1. The van der Waals surface area contributed by atoms with E-state index in [0.29, 0.717) is 0 Å². The maximum absolute atomic E-state index is 12.8. The Bertz CT molecular complexity index is 315. The molecule has 5 heteroatoms. The molecule has 18 heavy (non-hydrogen) atoms. The third kappa shape index (κ3) is 4.72. The van der Waals surface area contributed by atoms with E-state index < -0.39 is 7.52 Å². The second-order valence-corrected chi connectivity index (χ2v) is 7.03. The molecule has 0 aliphatic rings. The van der Waals surface area contributed by atoms with Gasteiger partial charge in [0.2, 0.25) is 0 Å². The van der Waals surface area contributed by atoms with Crippen molar-refractivity contribution in [3.8, 4) is 5.81 Å². The van der Waals surface area contributed by atoms with Gasteiger partial charge in [-0.1, -0.05) is 20.3 Å². The van der Waals surface area contributed by atoms with Crippen molar-refractivity contribution in [3.63, 3.8) is 0 Å².